The number of rotatable bonds is 1. The van der Waals surface area contributed by atoms with Gasteiger partial charge in [-0.3, -0.25) is 0 Å². The molecule has 0 fully saturated rings. The average molecular weight is 194 g/mol. The minimum absolute atomic E-state index is 0.142. The van der Waals surface area contributed by atoms with E-state index >= 15 is 0 Å². The summed E-state index contributed by atoms with van der Waals surface area (Å²) in [5.41, 5.74) is 0.771. The van der Waals surface area contributed by atoms with E-state index in [0.717, 1.165) is 22.3 Å². The Hall–Kier alpha value is -1.13. The normalized spacial score (nSPS) is 25.8. The quantitative estimate of drug-likeness (QED) is 0.506. The van der Waals surface area contributed by atoms with Crippen LogP contribution in [0.5, 0.6) is 0 Å². The molecular formula is C9H8NO2S+. The summed E-state index contributed by atoms with van der Waals surface area (Å²) in [5.74, 6) is 0. The molecule has 13 heavy (non-hydrogen) atoms. The minimum atomic E-state index is -0.249. The number of benzene rings is 1. The van der Waals surface area contributed by atoms with Crippen molar-refractivity contribution in [1.82, 2.24) is 4.48 Å². The van der Waals surface area contributed by atoms with Gasteiger partial charge in [0, 0.05) is 17.8 Å². The van der Waals surface area contributed by atoms with Gasteiger partial charge in [0.15, 0.2) is 5.69 Å². The number of carbonyl (C=O) groups is 2. The van der Waals surface area contributed by atoms with Crippen molar-refractivity contribution in [2.45, 2.75) is 4.90 Å². The zero-order chi connectivity index (χ0) is 9.47. The highest BCUT2D eigenvalue weighted by Gasteiger charge is 2.44. The summed E-state index contributed by atoms with van der Waals surface area (Å²) in [6.07, 6.45) is 0.668. The molecule has 0 bridgehead atoms. The fourth-order valence-corrected chi connectivity index (χ4v) is 2.34. The van der Waals surface area contributed by atoms with Crippen LogP contribution in [-0.2, 0) is 4.79 Å². The zero-order valence-corrected chi connectivity index (χ0v) is 7.88. The van der Waals surface area contributed by atoms with Crippen LogP contribution >= 0.6 is 11.8 Å². The van der Waals surface area contributed by atoms with Crippen LogP contribution in [0.2, 0.25) is 0 Å². The second kappa shape index (κ2) is 2.68. The molecule has 2 amide bonds. The highest BCUT2D eigenvalue weighted by molar-refractivity contribution is 8.14. The molecule has 1 aliphatic rings. The van der Waals surface area contributed by atoms with Gasteiger partial charge < -0.3 is 0 Å². The topological polar surface area (TPSA) is 34.1 Å². The number of hydrogen-bond donors (Lipinski definition) is 0. The van der Waals surface area contributed by atoms with E-state index in [1.165, 1.54) is 0 Å². The Morgan fingerprint density at radius 2 is 2.08 bits per heavy atom. The van der Waals surface area contributed by atoms with Crippen molar-refractivity contribution in [3.63, 3.8) is 0 Å². The molecule has 0 spiro atoms. The lowest BCUT2D eigenvalue weighted by molar-refractivity contribution is -0.114. The van der Waals surface area contributed by atoms with E-state index in [9.17, 15) is 9.59 Å². The maximum atomic E-state index is 11.5. The van der Waals surface area contributed by atoms with Crippen LogP contribution in [0.1, 0.15) is 0 Å². The van der Waals surface area contributed by atoms with Crippen LogP contribution in [0.15, 0.2) is 29.2 Å². The van der Waals surface area contributed by atoms with Crippen LogP contribution in [0, 0.1) is 0 Å². The van der Waals surface area contributed by atoms with Gasteiger partial charge in [0.05, 0.1) is 11.9 Å². The molecule has 1 aromatic carbocycles. The molecule has 1 heterocycles. The van der Waals surface area contributed by atoms with Crippen molar-refractivity contribution >= 4 is 29.1 Å². The van der Waals surface area contributed by atoms with E-state index in [4.69, 9.17) is 0 Å². The monoisotopic (exact) mass is 194 g/mol. The van der Waals surface area contributed by atoms with E-state index in [-0.39, 0.29) is 9.72 Å². The summed E-state index contributed by atoms with van der Waals surface area (Å²) >= 11 is 1.12. The molecule has 1 aliphatic heterocycles. The number of quaternary nitrogens is 1. The first-order valence-corrected chi connectivity index (χ1v) is 4.64. The van der Waals surface area contributed by atoms with Gasteiger partial charge in [0.2, 0.25) is 0 Å². The SMILES string of the molecule is C[N+]1(C=O)C(=O)Sc2ccccc21. The molecule has 1 atom stereocenters. The fraction of sp³-hybridized carbons (Fsp3) is 0.111. The van der Waals surface area contributed by atoms with Gasteiger partial charge >= 0.3 is 11.6 Å². The molecule has 0 saturated carbocycles. The lowest BCUT2D eigenvalue weighted by atomic mass is 10.3. The lowest BCUT2D eigenvalue weighted by Crippen LogP contribution is -2.44. The van der Waals surface area contributed by atoms with E-state index in [2.05, 4.69) is 0 Å². The van der Waals surface area contributed by atoms with E-state index in [1.807, 2.05) is 24.3 Å². The smallest absolute Gasteiger partial charge is 0.233 e. The highest BCUT2D eigenvalue weighted by atomic mass is 32.2. The predicted molar refractivity (Wildman–Crippen MR) is 51.5 cm³/mol. The van der Waals surface area contributed by atoms with E-state index < -0.39 is 0 Å². The van der Waals surface area contributed by atoms with Crippen molar-refractivity contribution in [2.24, 2.45) is 0 Å². The first kappa shape index (κ1) is 8.47. The minimum Gasteiger partial charge on any atom is -0.233 e. The van der Waals surface area contributed by atoms with Crippen LogP contribution in [-0.4, -0.2) is 18.7 Å². The number of carbonyl (C=O) groups excluding carboxylic acids is 2. The summed E-state index contributed by atoms with van der Waals surface area (Å²) in [6, 6.07) is 7.35. The Balaban J connectivity index is 2.65. The van der Waals surface area contributed by atoms with Crippen molar-refractivity contribution in [1.29, 1.82) is 0 Å². The predicted octanol–water partition coefficient (Wildman–Crippen LogP) is 2.01. The maximum Gasteiger partial charge on any atom is 0.392 e. The molecule has 1 aromatic rings. The molecule has 0 N–H and O–H groups in total. The zero-order valence-electron chi connectivity index (χ0n) is 7.06. The van der Waals surface area contributed by atoms with Gasteiger partial charge in [0.25, 0.3) is 0 Å². The van der Waals surface area contributed by atoms with E-state index in [0.29, 0.717) is 6.41 Å². The molecule has 0 aliphatic carbocycles. The number of fused-ring (bicyclic) bond motifs is 1. The van der Waals surface area contributed by atoms with Crippen LogP contribution in [0.4, 0.5) is 10.5 Å². The molecular weight excluding hydrogens is 186 g/mol. The van der Waals surface area contributed by atoms with Gasteiger partial charge in [-0.25, -0.2) is 9.59 Å². The Kier molecular flexibility index (Phi) is 1.75. The van der Waals surface area contributed by atoms with Gasteiger partial charge in [-0.1, -0.05) is 12.1 Å². The number of thioether (sulfide) groups is 1. The summed E-state index contributed by atoms with van der Waals surface area (Å²) in [7, 11) is 1.61. The van der Waals surface area contributed by atoms with Crippen molar-refractivity contribution in [2.75, 3.05) is 7.05 Å². The van der Waals surface area contributed by atoms with Crippen LogP contribution < -0.4 is 4.48 Å². The number of nitrogens with zero attached hydrogens (tertiary/aromatic N) is 1. The number of hydrogen-bond acceptors (Lipinski definition) is 3. The standard InChI is InChI=1S/C9H8NO2S/c1-10(6-11)7-4-2-3-5-8(7)13-9(10)12/h2-6H,1H3/q+1. The summed E-state index contributed by atoms with van der Waals surface area (Å²) < 4.78 is -0.249. The second-order valence-corrected chi connectivity index (χ2v) is 4.01. The Morgan fingerprint density at radius 3 is 2.77 bits per heavy atom. The number of imide groups is 1. The molecule has 0 radical (unpaired) electrons. The Labute approximate surface area is 79.9 Å². The highest BCUT2D eigenvalue weighted by Crippen LogP contribution is 2.42. The number of amides is 2. The van der Waals surface area contributed by atoms with Gasteiger partial charge in [-0.05, 0) is 6.07 Å². The lowest BCUT2D eigenvalue weighted by Gasteiger charge is -2.16. The van der Waals surface area contributed by atoms with Gasteiger partial charge in [-0.2, -0.15) is 4.48 Å². The molecule has 66 valence electrons. The Bertz CT molecular complexity index is 391. The fourth-order valence-electron chi connectivity index (χ4n) is 1.31. The maximum absolute atomic E-state index is 11.5. The molecule has 1 unspecified atom stereocenters. The van der Waals surface area contributed by atoms with E-state index in [1.54, 1.807) is 7.05 Å². The second-order valence-electron chi connectivity index (χ2n) is 3.02. The average Bonchev–Trinajstić information content (AvgIpc) is 2.41. The largest absolute Gasteiger partial charge is 0.392 e. The molecule has 0 aromatic heterocycles. The first-order valence-electron chi connectivity index (χ1n) is 3.83. The van der Waals surface area contributed by atoms with Crippen LogP contribution in [0.25, 0.3) is 0 Å². The number of para-hydroxylation sites is 1. The van der Waals surface area contributed by atoms with Gasteiger partial charge in [-0.15, -0.1) is 0 Å². The van der Waals surface area contributed by atoms with Crippen molar-refractivity contribution in [3.8, 4) is 0 Å². The van der Waals surface area contributed by atoms with Gasteiger partial charge in [0.1, 0.15) is 0 Å². The summed E-state index contributed by atoms with van der Waals surface area (Å²) in [5, 5.41) is -0.142. The third-order valence-corrected chi connectivity index (χ3v) is 3.27. The molecule has 0 saturated heterocycles. The Morgan fingerprint density at radius 1 is 1.38 bits per heavy atom. The van der Waals surface area contributed by atoms with Crippen LogP contribution in [0.3, 0.4) is 0 Å². The molecule has 4 heteroatoms. The first-order chi connectivity index (χ1) is 6.18. The molecule has 3 nitrogen and oxygen atoms in total. The third kappa shape index (κ3) is 1.03. The summed E-state index contributed by atoms with van der Waals surface area (Å²) in [6.45, 7) is 0. The molecule has 2 rings (SSSR count). The van der Waals surface area contributed by atoms with Crippen molar-refractivity contribution in [3.05, 3.63) is 24.3 Å². The third-order valence-electron chi connectivity index (χ3n) is 2.15. The summed E-state index contributed by atoms with van der Waals surface area (Å²) in [4.78, 5) is 23.2. The van der Waals surface area contributed by atoms with Crippen molar-refractivity contribution < 1.29 is 9.59 Å².